The van der Waals surface area contributed by atoms with E-state index in [4.69, 9.17) is 4.74 Å². The first kappa shape index (κ1) is 26.4. The minimum Gasteiger partial charge on any atom is -0.490 e. The molecule has 0 aliphatic rings. The van der Waals surface area contributed by atoms with Crippen LogP contribution in [-0.4, -0.2) is 26.1 Å². The van der Waals surface area contributed by atoms with Crippen molar-refractivity contribution >= 4 is 12.1 Å². The van der Waals surface area contributed by atoms with Crippen LogP contribution in [0.2, 0.25) is 0 Å². The third-order valence-corrected chi connectivity index (χ3v) is 3.87. The predicted molar refractivity (Wildman–Crippen MR) is 113 cm³/mol. The normalized spacial score (nSPS) is 9.64. The van der Waals surface area contributed by atoms with E-state index in [2.05, 4.69) is 36.6 Å². The summed E-state index contributed by atoms with van der Waals surface area (Å²) in [6.07, 6.45) is 6.14. The Balaban J connectivity index is 0.00000108. The van der Waals surface area contributed by atoms with Crippen molar-refractivity contribution in [2.24, 2.45) is 0 Å². The van der Waals surface area contributed by atoms with Gasteiger partial charge in [0.25, 0.3) is 0 Å². The molecule has 0 radical (unpaired) electrons. The molecule has 0 saturated heterocycles. The summed E-state index contributed by atoms with van der Waals surface area (Å²) >= 11 is 0. The molecule has 0 atom stereocenters. The Kier molecular flexibility index (Phi) is 17.7. The number of anilines is 1. The van der Waals surface area contributed by atoms with Gasteiger partial charge in [-0.15, -0.1) is 30.9 Å². The molecule has 2 N–H and O–H groups in total. The second-order valence-corrected chi connectivity index (χ2v) is 6.02. The van der Waals surface area contributed by atoms with Crippen LogP contribution in [0.3, 0.4) is 0 Å². The van der Waals surface area contributed by atoms with E-state index in [0.717, 1.165) is 51.1 Å². The van der Waals surface area contributed by atoms with Crippen molar-refractivity contribution in [3.63, 3.8) is 0 Å². The molecule has 2 rings (SSSR count). The second kappa shape index (κ2) is 18.8. The van der Waals surface area contributed by atoms with Crippen molar-refractivity contribution in [2.75, 3.05) is 25.0 Å². The smallest absolute Gasteiger partial charge is 0.490 e. The summed E-state index contributed by atoms with van der Waals surface area (Å²) in [5.74, 6) is 0. The number of aryl methyl sites for hydroxylation is 1. The third-order valence-electron chi connectivity index (χ3n) is 3.87. The first-order chi connectivity index (χ1) is 13.3. The zero-order chi connectivity index (χ0) is 19.6. The minimum atomic E-state index is 0. The topological polar surface area (TPSA) is 50.4 Å². The van der Waals surface area contributed by atoms with Gasteiger partial charge in [-0.1, -0.05) is 54.4 Å². The van der Waals surface area contributed by atoms with Crippen LogP contribution in [0.25, 0.3) is 0 Å². The van der Waals surface area contributed by atoms with Gasteiger partial charge in [-0.25, -0.2) is 0 Å². The molecule has 2 aromatic carbocycles. The maximum atomic E-state index is 10.2. The summed E-state index contributed by atoms with van der Waals surface area (Å²) in [6.45, 7) is 10.1. The summed E-state index contributed by atoms with van der Waals surface area (Å²) in [5.41, 5.74) is 3.30. The summed E-state index contributed by atoms with van der Waals surface area (Å²) < 4.78 is 5.67. The van der Waals surface area contributed by atoms with E-state index >= 15 is 0 Å². The van der Waals surface area contributed by atoms with Crippen LogP contribution < -0.4 is 29.5 Å². The van der Waals surface area contributed by atoms with Crippen molar-refractivity contribution < 1.29 is 28.4 Å². The van der Waals surface area contributed by atoms with Crippen LogP contribution in [0.4, 0.5) is 5.69 Å². The molecule has 2 aromatic rings. The molecule has 1 amide bonds. The van der Waals surface area contributed by atoms with Gasteiger partial charge < -0.3 is 34.0 Å². The first-order valence-corrected chi connectivity index (χ1v) is 9.43. The van der Waals surface area contributed by atoms with Gasteiger partial charge >= 0.3 is 18.9 Å². The maximum Gasteiger partial charge on any atom is 1.00 e. The molecule has 0 aliphatic heterocycles. The van der Waals surface area contributed by atoms with Gasteiger partial charge in [-0.3, -0.25) is 0 Å². The number of hydrogen-bond acceptors (Lipinski definition) is 3. The van der Waals surface area contributed by atoms with Gasteiger partial charge in [0.2, 0.25) is 0 Å². The fourth-order valence-corrected chi connectivity index (χ4v) is 2.41. The molecule has 5 heteroatoms. The molecule has 0 heterocycles. The van der Waals surface area contributed by atoms with Crippen LogP contribution in [0.15, 0.2) is 54.6 Å². The Hall–Kier alpha value is -1.57. The third kappa shape index (κ3) is 13.6. The zero-order valence-corrected chi connectivity index (χ0v) is 17.1. The average Bonchev–Trinajstić information content (AvgIpc) is 2.71. The van der Waals surface area contributed by atoms with E-state index in [1.165, 1.54) is 11.1 Å². The Morgan fingerprint density at radius 1 is 0.857 bits per heavy atom. The molecule has 0 fully saturated rings. The monoisotopic (exact) mass is 374 g/mol. The van der Waals surface area contributed by atoms with E-state index < -0.39 is 0 Å². The Morgan fingerprint density at radius 3 is 2.11 bits per heavy atom. The first-order valence-electron chi connectivity index (χ1n) is 9.43. The molecule has 0 aromatic heterocycles. The van der Waals surface area contributed by atoms with E-state index in [1.807, 2.05) is 42.5 Å². The van der Waals surface area contributed by atoms with Gasteiger partial charge in [0.05, 0.1) is 13.0 Å². The zero-order valence-electron chi connectivity index (χ0n) is 17.1. The van der Waals surface area contributed by atoms with Gasteiger partial charge in [0.1, 0.15) is 0 Å². The van der Waals surface area contributed by atoms with E-state index in [1.54, 1.807) is 6.41 Å². The van der Waals surface area contributed by atoms with E-state index in [-0.39, 0.29) is 18.9 Å². The van der Waals surface area contributed by atoms with Crippen LogP contribution in [0, 0.1) is 13.8 Å². The van der Waals surface area contributed by atoms with Crippen molar-refractivity contribution in [1.82, 2.24) is 5.32 Å². The number of amides is 1. The second-order valence-electron chi connectivity index (χ2n) is 6.02. The van der Waals surface area contributed by atoms with Gasteiger partial charge in [-0.2, -0.15) is 0 Å². The fourth-order valence-electron chi connectivity index (χ4n) is 2.41. The van der Waals surface area contributed by atoms with Gasteiger partial charge in [0, 0.05) is 6.61 Å². The van der Waals surface area contributed by atoms with Crippen LogP contribution in [0.5, 0.6) is 0 Å². The maximum absolute atomic E-state index is 10.2. The SMILES string of the molecule is O=[C-]Nc1ccc(CCCCCOCc2ccccc2)cc1.[CH2-]CNC[CH2-].[Li+]. The quantitative estimate of drug-likeness (QED) is 0.255. The number of benzene rings is 2. The van der Waals surface area contributed by atoms with E-state index in [0.29, 0.717) is 6.61 Å². The molecule has 0 unspecified atom stereocenters. The number of nitrogens with one attached hydrogen (secondary N) is 2. The molecular weight excluding hydrogens is 343 g/mol. The summed E-state index contributed by atoms with van der Waals surface area (Å²) in [7, 11) is 0. The number of unbranched alkanes of at least 4 members (excludes halogenated alkanes) is 2. The molecule has 0 saturated carbocycles. The van der Waals surface area contributed by atoms with Crippen molar-refractivity contribution in [3.8, 4) is 0 Å². The van der Waals surface area contributed by atoms with Crippen molar-refractivity contribution in [2.45, 2.75) is 32.3 Å². The van der Waals surface area contributed by atoms with Gasteiger partial charge in [0.15, 0.2) is 0 Å². The summed E-state index contributed by atoms with van der Waals surface area (Å²) in [6, 6.07) is 18.2. The molecule has 4 nitrogen and oxygen atoms in total. The minimum absolute atomic E-state index is 0. The molecule has 0 aliphatic carbocycles. The van der Waals surface area contributed by atoms with Gasteiger partial charge in [-0.05, 0) is 24.8 Å². The van der Waals surface area contributed by atoms with Crippen LogP contribution in [-0.2, 0) is 22.6 Å². The van der Waals surface area contributed by atoms with E-state index in [9.17, 15) is 4.79 Å². The molecular formula is C23H31LiN2O2-2. The number of rotatable bonds is 12. The Labute approximate surface area is 182 Å². The molecule has 0 spiro atoms. The largest absolute Gasteiger partial charge is 1.00 e. The predicted octanol–water partition coefficient (Wildman–Crippen LogP) is 1.34. The summed E-state index contributed by atoms with van der Waals surface area (Å²) in [4.78, 5) is 10.2. The number of carbonyl (C=O) groups excluding carboxylic acids is 1. The molecule has 0 bridgehead atoms. The Morgan fingerprint density at radius 2 is 1.54 bits per heavy atom. The van der Waals surface area contributed by atoms with Crippen LogP contribution in [0.1, 0.15) is 30.4 Å². The number of ether oxygens (including phenoxy) is 1. The standard InChI is InChI=1S/C19H22NO2.C4H9N.Li/c21-16-20-19-12-10-17(11-13-19)7-5-2-6-14-22-15-18-8-3-1-4-9-18;1-3-5-4-2;/h1,3-4,8-13H,2,5-7,14-15H2,(H,20,21);5H,1-4H2;/q-1;-2;+1. The number of hydrogen-bond donors (Lipinski definition) is 2. The van der Waals surface area contributed by atoms with Crippen LogP contribution >= 0.6 is 0 Å². The summed E-state index contributed by atoms with van der Waals surface area (Å²) in [5, 5.41) is 5.41. The Bertz CT molecular complexity index is 589. The molecule has 148 valence electrons. The molecule has 28 heavy (non-hydrogen) atoms. The van der Waals surface area contributed by atoms with Crippen molar-refractivity contribution in [1.29, 1.82) is 0 Å². The fraction of sp³-hybridized carbons (Fsp3) is 0.348. The van der Waals surface area contributed by atoms with Crippen molar-refractivity contribution in [3.05, 3.63) is 79.6 Å². The average molecular weight is 374 g/mol.